The Bertz CT molecular complexity index is 276. The van der Waals surface area contributed by atoms with Crippen LogP contribution in [0.15, 0.2) is 71.2 Å². The summed E-state index contributed by atoms with van der Waals surface area (Å²) < 4.78 is 1.13. The predicted octanol–water partition coefficient (Wildman–Crippen LogP) is 4.14. The average Bonchev–Trinajstić information content (AvgIpc) is 2.22. The summed E-state index contributed by atoms with van der Waals surface area (Å²) in [6.45, 7) is 0. The lowest BCUT2D eigenvalue weighted by Crippen LogP contribution is -1.55. The first-order valence-electron chi connectivity index (χ1n) is 4.10. The fourth-order valence-corrected chi connectivity index (χ4v) is 1.10. The highest BCUT2D eigenvalue weighted by atomic mass is 79.9. The second-order valence-electron chi connectivity index (χ2n) is 2.45. The molecular formula is C12H11Br. The van der Waals surface area contributed by atoms with Crippen molar-refractivity contribution in [3.05, 3.63) is 71.2 Å². The van der Waals surface area contributed by atoms with Crippen molar-refractivity contribution < 1.29 is 0 Å². The van der Waals surface area contributed by atoms with E-state index < -0.39 is 0 Å². The highest BCUT2D eigenvalue weighted by molar-refractivity contribution is 9.10. The molecule has 0 unspecified atom stereocenters. The Morgan fingerprint density at radius 2 is 0.846 bits per heavy atom. The van der Waals surface area contributed by atoms with Crippen molar-refractivity contribution in [1.29, 1.82) is 0 Å². The fourth-order valence-electron chi connectivity index (χ4n) is 0.800. The van der Waals surface area contributed by atoms with E-state index in [1.807, 2.05) is 66.7 Å². The molecule has 0 N–H and O–H groups in total. The molecule has 0 nitrogen and oxygen atoms in total. The maximum Gasteiger partial charge on any atom is 0.0175 e. The van der Waals surface area contributed by atoms with Gasteiger partial charge in [-0.1, -0.05) is 70.5 Å². The Morgan fingerprint density at radius 3 is 1.08 bits per heavy atom. The number of benzene rings is 2. The van der Waals surface area contributed by atoms with Crippen LogP contribution in [-0.4, -0.2) is 0 Å². The molecule has 0 fully saturated rings. The van der Waals surface area contributed by atoms with Crippen molar-refractivity contribution in [3.8, 4) is 0 Å². The molecule has 0 aliphatic heterocycles. The summed E-state index contributed by atoms with van der Waals surface area (Å²) in [6.07, 6.45) is 0. The first-order chi connectivity index (χ1) is 6.39. The largest absolute Gasteiger partial charge is 0.0623 e. The second-order valence-corrected chi connectivity index (χ2v) is 3.37. The topological polar surface area (TPSA) is 0 Å². The standard InChI is InChI=1S/C6H5Br.C6H6/c7-6-4-2-1-3-5-6;1-2-4-6-5-3-1/h1-5H;1-6H. The average molecular weight is 235 g/mol. The molecular weight excluding hydrogens is 224 g/mol. The zero-order valence-electron chi connectivity index (χ0n) is 7.23. The summed E-state index contributed by atoms with van der Waals surface area (Å²) in [4.78, 5) is 0. The molecule has 0 radical (unpaired) electrons. The van der Waals surface area contributed by atoms with E-state index in [4.69, 9.17) is 0 Å². The highest BCUT2D eigenvalue weighted by Gasteiger charge is 1.74. The molecule has 0 bridgehead atoms. The number of hydrogen-bond donors (Lipinski definition) is 0. The fraction of sp³-hybridized carbons (Fsp3) is 0. The van der Waals surface area contributed by atoms with Gasteiger partial charge in [0.25, 0.3) is 0 Å². The van der Waals surface area contributed by atoms with Gasteiger partial charge in [-0.15, -0.1) is 0 Å². The lowest BCUT2D eigenvalue weighted by molar-refractivity contribution is 1.66. The van der Waals surface area contributed by atoms with Crippen LogP contribution in [0.5, 0.6) is 0 Å². The van der Waals surface area contributed by atoms with Gasteiger partial charge in [0.2, 0.25) is 0 Å². The molecule has 2 rings (SSSR count). The minimum Gasteiger partial charge on any atom is -0.0623 e. The van der Waals surface area contributed by atoms with Gasteiger partial charge >= 0.3 is 0 Å². The molecule has 0 aliphatic carbocycles. The van der Waals surface area contributed by atoms with Gasteiger partial charge in [0.1, 0.15) is 0 Å². The van der Waals surface area contributed by atoms with E-state index in [9.17, 15) is 0 Å². The molecule has 66 valence electrons. The smallest absolute Gasteiger partial charge is 0.0175 e. The van der Waals surface area contributed by atoms with Crippen LogP contribution >= 0.6 is 15.9 Å². The van der Waals surface area contributed by atoms with Crippen molar-refractivity contribution in [2.75, 3.05) is 0 Å². The third-order valence-electron chi connectivity index (χ3n) is 1.40. The van der Waals surface area contributed by atoms with Crippen LogP contribution in [0, 0.1) is 0 Å². The number of halogens is 1. The van der Waals surface area contributed by atoms with Crippen molar-refractivity contribution >= 4 is 15.9 Å². The molecule has 0 spiro atoms. The molecule has 0 atom stereocenters. The second kappa shape index (κ2) is 6.44. The van der Waals surface area contributed by atoms with Crippen molar-refractivity contribution in [2.45, 2.75) is 0 Å². The maximum atomic E-state index is 3.31. The summed E-state index contributed by atoms with van der Waals surface area (Å²) in [6, 6.07) is 22.0. The first-order valence-corrected chi connectivity index (χ1v) is 4.89. The van der Waals surface area contributed by atoms with Gasteiger partial charge in [-0.25, -0.2) is 0 Å². The first kappa shape index (κ1) is 10.0. The monoisotopic (exact) mass is 234 g/mol. The summed E-state index contributed by atoms with van der Waals surface area (Å²) in [5.74, 6) is 0. The molecule has 0 amide bonds. The van der Waals surface area contributed by atoms with Crippen LogP contribution < -0.4 is 0 Å². The molecule has 13 heavy (non-hydrogen) atoms. The van der Waals surface area contributed by atoms with Gasteiger partial charge in [0.05, 0.1) is 0 Å². The Hall–Kier alpha value is -1.08. The van der Waals surface area contributed by atoms with Gasteiger partial charge < -0.3 is 0 Å². The third kappa shape index (κ3) is 5.21. The van der Waals surface area contributed by atoms with Crippen LogP contribution in [0.25, 0.3) is 0 Å². The van der Waals surface area contributed by atoms with Crippen LogP contribution in [0.4, 0.5) is 0 Å². The minimum atomic E-state index is 1.13. The van der Waals surface area contributed by atoms with Gasteiger partial charge in [0.15, 0.2) is 0 Å². The van der Waals surface area contributed by atoms with Crippen molar-refractivity contribution in [3.63, 3.8) is 0 Å². The van der Waals surface area contributed by atoms with E-state index in [1.54, 1.807) is 0 Å². The van der Waals surface area contributed by atoms with Gasteiger partial charge in [-0.2, -0.15) is 0 Å². The predicted molar refractivity (Wildman–Crippen MR) is 60.6 cm³/mol. The maximum absolute atomic E-state index is 3.31. The van der Waals surface area contributed by atoms with Gasteiger partial charge in [-0.3, -0.25) is 0 Å². The summed E-state index contributed by atoms with van der Waals surface area (Å²) in [5.41, 5.74) is 0. The van der Waals surface area contributed by atoms with Gasteiger partial charge in [-0.05, 0) is 12.1 Å². The summed E-state index contributed by atoms with van der Waals surface area (Å²) in [7, 11) is 0. The third-order valence-corrected chi connectivity index (χ3v) is 1.93. The molecule has 1 heteroatoms. The van der Waals surface area contributed by atoms with E-state index >= 15 is 0 Å². The van der Waals surface area contributed by atoms with Crippen molar-refractivity contribution in [1.82, 2.24) is 0 Å². The molecule has 0 aliphatic rings. The number of hydrogen-bond acceptors (Lipinski definition) is 0. The SMILES string of the molecule is Brc1ccccc1.c1ccccc1. The molecule has 2 aromatic carbocycles. The summed E-state index contributed by atoms with van der Waals surface area (Å²) >= 11 is 3.31. The van der Waals surface area contributed by atoms with E-state index in [-0.39, 0.29) is 0 Å². The lowest BCUT2D eigenvalue weighted by atomic mass is 10.4. The van der Waals surface area contributed by atoms with E-state index in [0.717, 1.165) is 4.47 Å². The van der Waals surface area contributed by atoms with Crippen LogP contribution in [0.1, 0.15) is 0 Å². The van der Waals surface area contributed by atoms with Crippen LogP contribution in [-0.2, 0) is 0 Å². The van der Waals surface area contributed by atoms with E-state index in [1.165, 1.54) is 0 Å². The Morgan fingerprint density at radius 1 is 0.538 bits per heavy atom. The molecule has 0 saturated heterocycles. The minimum absolute atomic E-state index is 1.13. The molecule has 0 aromatic heterocycles. The lowest BCUT2D eigenvalue weighted by Gasteiger charge is -1.80. The Kier molecular flexibility index (Phi) is 4.95. The zero-order valence-corrected chi connectivity index (χ0v) is 8.81. The zero-order chi connectivity index (χ0) is 9.36. The number of rotatable bonds is 0. The normalized spacial score (nSPS) is 8.38. The van der Waals surface area contributed by atoms with Gasteiger partial charge in [0, 0.05) is 4.47 Å². The quantitative estimate of drug-likeness (QED) is 0.643. The highest BCUT2D eigenvalue weighted by Crippen LogP contribution is 2.05. The van der Waals surface area contributed by atoms with Crippen LogP contribution in [0.2, 0.25) is 0 Å². The molecule has 0 saturated carbocycles. The molecule has 0 heterocycles. The van der Waals surface area contributed by atoms with Crippen molar-refractivity contribution in [2.24, 2.45) is 0 Å². The Labute approximate surface area is 87.4 Å². The van der Waals surface area contributed by atoms with E-state index in [0.29, 0.717) is 0 Å². The molecule has 2 aromatic rings. The Balaban J connectivity index is 0.000000132. The summed E-state index contributed by atoms with van der Waals surface area (Å²) in [5, 5.41) is 0. The van der Waals surface area contributed by atoms with E-state index in [2.05, 4.69) is 15.9 Å². The van der Waals surface area contributed by atoms with Crippen LogP contribution in [0.3, 0.4) is 0 Å².